The molecule has 0 aromatic heterocycles. The Bertz CT molecular complexity index is 1520. The molecule has 8 heteroatoms. The third kappa shape index (κ3) is 5.55. The third-order valence-corrected chi connectivity index (χ3v) is 17.9. The van der Waals surface area contributed by atoms with Crippen LogP contribution in [-0.4, -0.2) is 28.7 Å². The smallest absolute Gasteiger partial charge is 0.160 e. The highest BCUT2D eigenvalue weighted by Gasteiger charge is 2.72. The van der Waals surface area contributed by atoms with Crippen LogP contribution >= 0.6 is 34.8 Å². The van der Waals surface area contributed by atoms with E-state index in [1.807, 2.05) is 13.0 Å². The molecule has 272 valence electrons. The van der Waals surface area contributed by atoms with E-state index >= 15 is 0 Å². The molecule has 49 heavy (non-hydrogen) atoms. The van der Waals surface area contributed by atoms with E-state index in [0.29, 0.717) is 75.5 Å². The number of rotatable bonds is 4. The lowest BCUT2D eigenvalue weighted by molar-refractivity contribution is -0.113. The van der Waals surface area contributed by atoms with Crippen LogP contribution in [0.25, 0.3) is 0 Å². The zero-order valence-corrected chi connectivity index (χ0v) is 36.2. The molecular formula is C41H64O4P4. The Morgan fingerprint density at radius 3 is 1.63 bits per heavy atom. The molecule has 19 atom stereocenters. The van der Waals surface area contributed by atoms with E-state index in [2.05, 4.69) is 105 Å². The molecule has 4 saturated carbocycles. The van der Waals surface area contributed by atoms with Gasteiger partial charge < -0.3 is 14.2 Å². The van der Waals surface area contributed by atoms with Crippen LogP contribution in [0.5, 0.6) is 0 Å². The highest BCUT2D eigenvalue weighted by atomic mass is 32.0. The number of hydrogen-bond donors (Lipinski definition) is 1. The van der Waals surface area contributed by atoms with Crippen molar-refractivity contribution in [3.63, 3.8) is 0 Å². The maximum Gasteiger partial charge on any atom is 0.160 e. The Hall–Kier alpha value is 0.230. The topological polar surface area (TPSA) is 55.8 Å². The summed E-state index contributed by atoms with van der Waals surface area (Å²) >= 11 is 0. The maximum atomic E-state index is 12.2. The zero-order chi connectivity index (χ0) is 35.8. The normalized spacial score (nSPS) is 51.4. The number of carbonyl (C=O) groups is 1. The fourth-order valence-electron chi connectivity index (χ4n) is 13.4. The molecule has 4 fully saturated rings. The minimum atomic E-state index is -0.694. The second-order valence-corrected chi connectivity index (χ2v) is 22.0. The van der Waals surface area contributed by atoms with Crippen LogP contribution in [0.1, 0.15) is 102 Å². The first kappa shape index (κ1) is 37.5. The average Bonchev–Trinajstić information content (AvgIpc) is 3.56. The summed E-state index contributed by atoms with van der Waals surface area (Å²) in [5.74, 6) is 6.42. The minimum absolute atomic E-state index is 0.0622. The van der Waals surface area contributed by atoms with E-state index in [-0.39, 0.29) is 23.0 Å². The van der Waals surface area contributed by atoms with Crippen molar-refractivity contribution in [2.75, 3.05) is 0 Å². The van der Waals surface area contributed by atoms with Crippen LogP contribution in [0.2, 0.25) is 0 Å². The first-order chi connectivity index (χ1) is 22.8. The summed E-state index contributed by atoms with van der Waals surface area (Å²) in [6, 6.07) is 0. The van der Waals surface area contributed by atoms with Gasteiger partial charge in [-0.3, -0.25) is 4.79 Å². The van der Waals surface area contributed by atoms with Crippen molar-refractivity contribution in [3.8, 4) is 0 Å². The summed E-state index contributed by atoms with van der Waals surface area (Å²) in [6.45, 7) is 26.2. The van der Waals surface area contributed by atoms with E-state index in [1.54, 1.807) is 0 Å². The molecule has 0 saturated heterocycles. The van der Waals surface area contributed by atoms with Gasteiger partial charge >= 0.3 is 0 Å². The Labute approximate surface area is 305 Å². The first-order valence-electron chi connectivity index (χ1n) is 19.1. The lowest BCUT2D eigenvalue weighted by Gasteiger charge is -2.50. The first-order valence-corrected chi connectivity index (χ1v) is 24.6. The van der Waals surface area contributed by atoms with Crippen molar-refractivity contribution in [2.45, 2.75) is 120 Å². The second-order valence-electron chi connectivity index (χ2n) is 19.6. The van der Waals surface area contributed by atoms with E-state index in [4.69, 9.17) is 9.05 Å². The van der Waals surface area contributed by atoms with E-state index < -0.39 is 5.60 Å². The SMILES string of the molecule is C[C@@H]1C=C2CC(=O)C=C2[C@]2(C)[C@@H]([C@@H]1OPP)[C@H]1[C@@H](C[C@H]2C)C1(C)C.C[C@@H]1C=C2C[C@](C)(O)C=C2[C@]2(C)[C@@H]([C@@H]1OPP)[C@H]1[C@@H](C[C@H]2C)C1(C)C. The van der Waals surface area contributed by atoms with Gasteiger partial charge in [-0.2, -0.15) is 0 Å². The van der Waals surface area contributed by atoms with Crippen molar-refractivity contribution in [2.24, 2.45) is 80.8 Å². The molecule has 0 radical (unpaired) electrons. The van der Waals surface area contributed by atoms with Gasteiger partial charge in [0.1, 0.15) is 0 Å². The highest BCUT2D eigenvalue weighted by molar-refractivity contribution is 8.00. The number of ketones is 1. The Kier molecular flexibility index (Phi) is 9.48. The molecule has 0 spiro atoms. The molecule has 0 aromatic rings. The number of hydrogen-bond acceptors (Lipinski definition) is 4. The van der Waals surface area contributed by atoms with Gasteiger partial charge in [-0.25, -0.2) is 0 Å². The average molecular weight is 745 g/mol. The van der Waals surface area contributed by atoms with Gasteiger partial charge in [-0.1, -0.05) is 99.2 Å². The summed E-state index contributed by atoms with van der Waals surface area (Å²) in [5, 5.41) is 10.8. The fourth-order valence-corrected chi connectivity index (χ4v) is 15.3. The van der Waals surface area contributed by atoms with E-state index in [1.165, 1.54) is 35.1 Å². The van der Waals surface area contributed by atoms with Crippen LogP contribution in [0.15, 0.2) is 46.6 Å². The van der Waals surface area contributed by atoms with Crippen molar-refractivity contribution in [1.29, 1.82) is 0 Å². The third-order valence-electron chi connectivity index (χ3n) is 16.3. The summed E-state index contributed by atoms with van der Waals surface area (Å²) in [7, 11) is 6.44. The maximum absolute atomic E-state index is 12.2. The van der Waals surface area contributed by atoms with Gasteiger partial charge in [0.05, 0.1) is 17.8 Å². The van der Waals surface area contributed by atoms with Crippen molar-refractivity contribution >= 4 is 40.6 Å². The lowest BCUT2D eigenvalue weighted by Crippen LogP contribution is -2.47. The Morgan fingerprint density at radius 1 is 0.714 bits per heavy atom. The highest BCUT2D eigenvalue weighted by Crippen LogP contribution is 2.77. The molecule has 8 aliphatic carbocycles. The minimum Gasteiger partial charge on any atom is -0.386 e. The summed E-state index contributed by atoms with van der Waals surface area (Å²) in [4.78, 5) is 12.2. The predicted octanol–water partition coefficient (Wildman–Crippen LogP) is 10.5. The Morgan fingerprint density at radius 2 is 1.16 bits per heavy atom. The van der Waals surface area contributed by atoms with Gasteiger partial charge in [0.25, 0.3) is 0 Å². The molecule has 4 nitrogen and oxygen atoms in total. The largest absolute Gasteiger partial charge is 0.386 e. The molecule has 0 aromatic carbocycles. The van der Waals surface area contributed by atoms with E-state index in [9.17, 15) is 9.90 Å². The molecule has 8 rings (SSSR count). The van der Waals surface area contributed by atoms with Gasteiger partial charge in [0.15, 0.2) is 5.78 Å². The summed E-state index contributed by atoms with van der Waals surface area (Å²) in [5.41, 5.74) is 5.75. The van der Waals surface area contributed by atoms with Crippen molar-refractivity contribution < 1.29 is 18.9 Å². The molecule has 0 bridgehead atoms. The van der Waals surface area contributed by atoms with E-state index in [0.717, 1.165) is 30.1 Å². The number of allylic oxidation sites excluding steroid dienone is 4. The Balaban J connectivity index is 0.000000154. The quantitative estimate of drug-likeness (QED) is 0.291. The predicted molar refractivity (Wildman–Crippen MR) is 214 cm³/mol. The molecule has 1 N–H and O–H groups in total. The van der Waals surface area contributed by atoms with Gasteiger partial charge in [0.2, 0.25) is 0 Å². The molecule has 0 amide bonds. The fraction of sp³-hybridized carbons (Fsp3) is 0.780. The van der Waals surface area contributed by atoms with Crippen LogP contribution in [0.4, 0.5) is 0 Å². The lowest BCUT2D eigenvalue weighted by atomic mass is 9.56. The van der Waals surface area contributed by atoms with Gasteiger partial charge in [-0.05, 0) is 112 Å². The van der Waals surface area contributed by atoms with Crippen LogP contribution < -0.4 is 0 Å². The summed E-state index contributed by atoms with van der Waals surface area (Å²) in [6.07, 6.45) is 13.4. The molecule has 8 aliphatic rings. The van der Waals surface area contributed by atoms with Crippen LogP contribution in [-0.2, 0) is 13.8 Å². The number of carbonyl (C=O) groups excluding carboxylic acids is 1. The molecule has 0 heterocycles. The van der Waals surface area contributed by atoms with Crippen molar-refractivity contribution in [1.82, 2.24) is 0 Å². The summed E-state index contributed by atoms with van der Waals surface area (Å²) < 4.78 is 12.8. The standard InChI is InChI=1S/C21H34O2P2.C20H30O2P2/c1-11-7-13-9-20(5,22)10-15(13)21(6)12(2)8-14-16(19(14,3)4)17(21)18(11)23-25-24;1-10-6-12-8-13(21)9-14(12)20(5)11(2)7-15-16(19(15,3)4)17(20)18(10)22-24-23/h7,10-12,14,16-18,22,25H,8-9,24H2,1-6H3;6,9-11,15-18,24H,7-8,23H2,1-5H3/t11-,12-,14-,16-,17-,18-,20+,21-;10-,11-,15-,16-,17-,18-,20-/m11/s1. The van der Waals surface area contributed by atoms with Crippen molar-refractivity contribution in [3.05, 3.63) is 46.6 Å². The number of aliphatic hydroxyl groups is 1. The van der Waals surface area contributed by atoms with Crippen LogP contribution in [0.3, 0.4) is 0 Å². The second kappa shape index (κ2) is 12.4. The molecule has 4 unspecified atom stereocenters. The zero-order valence-electron chi connectivity index (χ0n) is 31.9. The molecular weight excluding hydrogens is 680 g/mol. The van der Waals surface area contributed by atoms with Crippen LogP contribution in [0, 0.1) is 80.8 Å². The number of fused-ring (bicyclic) bond motifs is 10. The monoisotopic (exact) mass is 744 g/mol. The van der Waals surface area contributed by atoms with Gasteiger partial charge in [0, 0.05) is 52.5 Å². The van der Waals surface area contributed by atoms with Gasteiger partial charge in [-0.15, -0.1) is 0 Å². The molecule has 0 aliphatic heterocycles.